The second-order valence-corrected chi connectivity index (χ2v) is 10.5. The summed E-state index contributed by atoms with van der Waals surface area (Å²) in [5, 5.41) is 26.5. The maximum atomic E-state index is 13.1. The summed E-state index contributed by atoms with van der Waals surface area (Å²) < 4.78 is 31.2. The Morgan fingerprint density at radius 3 is 2.42 bits per heavy atom. The van der Waals surface area contributed by atoms with Crippen LogP contribution in [0.15, 0.2) is 76.5 Å². The predicted molar refractivity (Wildman–Crippen MR) is 139 cm³/mol. The molecule has 0 unspecified atom stereocenters. The molecule has 36 heavy (non-hydrogen) atoms. The molecule has 1 atom stereocenters. The number of aliphatic hydroxyl groups is 1. The number of anilines is 1. The van der Waals surface area contributed by atoms with Crippen molar-refractivity contribution in [1.29, 1.82) is 0 Å². The van der Waals surface area contributed by atoms with Gasteiger partial charge in [-0.25, -0.2) is 13.2 Å². The summed E-state index contributed by atoms with van der Waals surface area (Å²) in [4.78, 5) is 11.7. The average Bonchev–Trinajstić information content (AvgIpc) is 2.87. The number of nitrogens with one attached hydrogen (secondary N) is 2. The van der Waals surface area contributed by atoms with Crippen LogP contribution in [-0.2, 0) is 21.0 Å². The van der Waals surface area contributed by atoms with E-state index in [1.54, 1.807) is 30.3 Å². The van der Waals surface area contributed by atoms with E-state index < -0.39 is 21.9 Å². The van der Waals surface area contributed by atoms with E-state index in [0.717, 1.165) is 17.2 Å². The smallest absolute Gasteiger partial charge is 0.337 e. The van der Waals surface area contributed by atoms with Crippen LogP contribution in [0, 0.1) is 0 Å². The number of sulfone groups is 1. The summed E-state index contributed by atoms with van der Waals surface area (Å²) in [6.45, 7) is 1.71. The normalized spacial score (nSPS) is 12.3. The monoisotopic (exact) mass is 532 g/mol. The van der Waals surface area contributed by atoms with Gasteiger partial charge in [-0.15, -0.1) is 0 Å². The quantitative estimate of drug-likeness (QED) is 0.245. The van der Waals surface area contributed by atoms with Crippen LogP contribution in [0.25, 0.3) is 0 Å². The summed E-state index contributed by atoms with van der Waals surface area (Å²) in [6.07, 6.45) is -0.0541. The lowest BCUT2D eigenvalue weighted by molar-refractivity contribution is 0.0697. The number of carbonyl (C=O) groups is 1. The van der Waals surface area contributed by atoms with Gasteiger partial charge in [0.1, 0.15) is 0 Å². The number of hydrogen-bond acceptors (Lipinski definition) is 7. The third-order valence-electron chi connectivity index (χ3n) is 5.55. The van der Waals surface area contributed by atoms with Crippen molar-refractivity contribution in [3.63, 3.8) is 0 Å². The predicted octanol–water partition coefficient (Wildman–Crippen LogP) is 3.80. The van der Waals surface area contributed by atoms with Gasteiger partial charge in [-0.3, -0.25) is 0 Å². The molecule has 4 N–H and O–H groups in total. The molecule has 8 nitrogen and oxygen atoms in total. The van der Waals surface area contributed by atoms with Crippen LogP contribution < -0.4 is 10.6 Å². The Kier molecular flexibility index (Phi) is 9.86. The van der Waals surface area contributed by atoms with Crippen LogP contribution in [0.4, 0.5) is 5.69 Å². The van der Waals surface area contributed by atoms with Crippen molar-refractivity contribution in [3.8, 4) is 0 Å². The van der Waals surface area contributed by atoms with Crippen LogP contribution in [0.3, 0.4) is 0 Å². The van der Waals surface area contributed by atoms with E-state index in [-0.39, 0.29) is 15.4 Å². The van der Waals surface area contributed by atoms with E-state index in [2.05, 4.69) is 10.6 Å². The molecule has 0 fully saturated rings. The molecule has 0 heterocycles. The van der Waals surface area contributed by atoms with Crippen LogP contribution in [-0.4, -0.2) is 58.0 Å². The van der Waals surface area contributed by atoms with Gasteiger partial charge in [-0.2, -0.15) is 0 Å². The van der Waals surface area contributed by atoms with Crippen molar-refractivity contribution in [2.45, 2.75) is 22.3 Å². The number of halogens is 1. The van der Waals surface area contributed by atoms with Crippen molar-refractivity contribution >= 4 is 33.1 Å². The lowest BCUT2D eigenvalue weighted by atomic mass is 10.1. The lowest BCUT2D eigenvalue weighted by Crippen LogP contribution is -2.23. The highest BCUT2D eigenvalue weighted by Crippen LogP contribution is 2.26. The fourth-order valence-electron chi connectivity index (χ4n) is 3.58. The molecule has 0 bridgehead atoms. The lowest BCUT2D eigenvalue weighted by Gasteiger charge is -2.13. The average molecular weight is 533 g/mol. The zero-order chi connectivity index (χ0) is 26.1. The van der Waals surface area contributed by atoms with E-state index in [4.69, 9.17) is 16.3 Å². The number of rotatable bonds is 13. The molecule has 0 saturated heterocycles. The van der Waals surface area contributed by atoms with E-state index in [1.807, 2.05) is 6.07 Å². The van der Waals surface area contributed by atoms with Gasteiger partial charge < -0.3 is 25.6 Å². The topological polar surface area (TPSA) is 125 Å². The molecule has 10 heteroatoms. The highest BCUT2D eigenvalue weighted by Gasteiger charge is 2.21. The third kappa shape index (κ3) is 7.28. The highest BCUT2D eigenvalue weighted by atomic mass is 35.5. The molecule has 3 aromatic carbocycles. The second-order valence-electron chi connectivity index (χ2n) is 8.10. The Labute approximate surface area is 215 Å². The first kappa shape index (κ1) is 27.6. The fourth-order valence-corrected chi connectivity index (χ4v) is 5.07. The Hall–Kier alpha value is -2.95. The van der Waals surface area contributed by atoms with Crippen LogP contribution in [0.1, 0.15) is 27.6 Å². The zero-order valence-electron chi connectivity index (χ0n) is 19.8. The van der Waals surface area contributed by atoms with Gasteiger partial charge in [0.05, 0.1) is 28.1 Å². The SMILES string of the molecule is COCCNc1ccc(S(=O)(=O)c2ccc(CCNC[C@@H](O)c3cccc(Cl)c3)cc2)cc1C(=O)O. The first-order valence-corrected chi connectivity index (χ1v) is 13.2. The number of carboxylic acid groups (broad SMARTS) is 1. The minimum absolute atomic E-state index is 0.0759. The van der Waals surface area contributed by atoms with Crippen molar-refractivity contribution in [1.82, 2.24) is 5.32 Å². The number of aliphatic hydroxyl groups excluding tert-OH is 1. The summed E-state index contributed by atoms with van der Waals surface area (Å²) in [5.41, 5.74) is 1.84. The van der Waals surface area contributed by atoms with Gasteiger partial charge in [0.2, 0.25) is 9.84 Å². The number of aromatic carboxylic acids is 1. The molecule has 0 amide bonds. The summed E-state index contributed by atoms with van der Waals surface area (Å²) in [5.74, 6) is -1.23. The van der Waals surface area contributed by atoms with E-state index >= 15 is 0 Å². The molecular weight excluding hydrogens is 504 g/mol. The van der Waals surface area contributed by atoms with Crippen molar-refractivity contribution in [3.05, 3.63) is 88.4 Å². The van der Waals surface area contributed by atoms with Gasteiger partial charge in [-0.1, -0.05) is 35.9 Å². The van der Waals surface area contributed by atoms with Crippen molar-refractivity contribution in [2.24, 2.45) is 0 Å². The summed E-state index contributed by atoms with van der Waals surface area (Å²) in [6, 6.07) is 17.5. The largest absolute Gasteiger partial charge is 0.478 e. The standard InChI is InChI=1S/C26H29ClN2O6S/c1-35-14-13-29-24-10-9-22(16-23(24)26(31)32)36(33,34)21-7-5-18(6-8-21)11-12-28-17-25(30)19-3-2-4-20(27)15-19/h2-10,15-16,25,28-30H,11-14,17H2,1H3,(H,31,32)/t25-/m1/s1. The maximum absolute atomic E-state index is 13.1. The van der Waals surface area contributed by atoms with Crippen molar-refractivity contribution in [2.75, 3.05) is 38.7 Å². The van der Waals surface area contributed by atoms with Gasteiger partial charge in [0.15, 0.2) is 0 Å². The van der Waals surface area contributed by atoms with Crippen LogP contribution in [0.5, 0.6) is 0 Å². The number of hydrogen-bond donors (Lipinski definition) is 4. The molecule has 0 saturated carbocycles. The second kappa shape index (κ2) is 12.8. The number of benzene rings is 3. The molecule has 0 spiro atoms. The molecule has 192 valence electrons. The molecule has 0 aromatic heterocycles. The van der Waals surface area contributed by atoms with Gasteiger partial charge in [-0.05, 0) is 66.6 Å². The van der Waals surface area contributed by atoms with E-state index in [0.29, 0.717) is 43.4 Å². The first-order valence-electron chi connectivity index (χ1n) is 11.3. The Morgan fingerprint density at radius 2 is 1.75 bits per heavy atom. The van der Waals surface area contributed by atoms with Crippen molar-refractivity contribution < 1.29 is 28.2 Å². The zero-order valence-corrected chi connectivity index (χ0v) is 21.3. The Balaban J connectivity index is 1.62. The molecular formula is C26H29ClN2O6S. The maximum Gasteiger partial charge on any atom is 0.337 e. The minimum Gasteiger partial charge on any atom is -0.478 e. The molecule has 0 aliphatic carbocycles. The van der Waals surface area contributed by atoms with Gasteiger partial charge >= 0.3 is 5.97 Å². The minimum atomic E-state index is -3.90. The summed E-state index contributed by atoms with van der Waals surface area (Å²) >= 11 is 5.96. The number of ether oxygens (including phenoxy) is 1. The van der Waals surface area contributed by atoms with E-state index in [9.17, 15) is 23.4 Å². The number of carboxylic acids is 1. The Morgan fingerprint density at radius 1 is 1.03 bits per heavy atom. The molecule has 3 aromatic rings. The van der Waals surface area contributed by atoms with Crippen LogP contribution >= 0.6 is 11.6 Å². The van der Waals surface area contributed by atoms with Crippen LogP contribution in [0.2, 0.25) is 5.02 Å². The van der Waals surface area contributed by atoms with Gasteiger partial charge in [0, 0.05) is 30.9 Å². The molecule has 0 radical (unpaired) electrons. The van der Waals surface area contributed by atoms with Gasteiger partial charge in [0.25, 0.3) is 0 Å². The van der Waals surface area contributed by atoms with E-state index in [1.165, 1.54) is 31.4 Å². The fraction of sp³-hybridized carbons (Fsp3) is 0.269. The third-order valence-corrected chi connectivity index (χ3v) is 7.55. The molecule has 3 rings (SSSR count). The first-order chi connectivity index (χ1) is 17.2. The summed E-state index contributed by atoms with van der Waals surface area (Å²) in [7, 11) is -2.37. The number of methoxy groups -OCH3 is 1. The molecule has 0 aliphatic rings. The highest BCUT2D eigenvalue weighted by molar-refractivity contribution is 7.91. The Bertz CT molecular complexity index is 1280. The molecule has 0 aliphatic heterocycles.